The number of hydrogen-bond acceptors (Lipinski definition) is 7. The maximum absolute atomic E-state index is 12.9. The molecule has 0 atom stereocenters. The molecule has 0 amide bonds. The Bertz CT molecular complexity index is 1900. The van der Waals surface area contributed by atoms with Crippen LogP contribution in [0.5, 0.6) is 28.7 Å². The molecule has 0 saturated carbocycles. The van der Waals surface area contributed by atoms with Gasteiger partial charge in [-0.05, 0) is 67.4 Å². The molecule has 0 bridgehead atoms. The Morgan fingerprint density at radius 3 is 1.74 bits per heavy atom. The fourth-order valence-electron chi connectivity index (χ4n) is 5.73. The van der Waals surface area contributed by atoms with Crippen molar-refractivity contribution < 1.29 is 53.6 Å². The molecular formula is C37H32IO7P. The average molecular weight is 747 g/mol. The van der Waals surface area contributed by atoms with Gasteiger partial charge in [0.1, 0.15) is 45.6 Å². The lowest BCUT2D eigenvalue weighted by atomic mass is 10.1. The van der Waals surface area contributed by atoms with E-state index >= 15 is 0 Å². The molecule has 6 aromatic rings. The van der Waals surface area contributed by atoms with Crippen LogP contribution >= 0.6 is 7.26 Å². The predicted molar refractivity (Wildman–Crippen MR) is 179 cm³/mol. The van der Waals surface area contributed by atoms with Gasteiger partial charge < -0.3 is 53.6 Å². The highest BCUT2D eigenvalue weighted by Crippen LogP contribution is 2.56. The Morgan fingerprint density at radius 1 is 0.630 bits per heavy atom. The number of hydrogen-bond donors (Lipinski definition) is 4. The van der Waals surface area contributed by atoms with Crippen LogP contribution in [0.3, 0.4) is 0 Å². The fourth-order valence-corrected chi connectivity index (χ4v) is 10.1. The molecule has 0 saturated heterocycles. The lowest BCUT2D eigenvalue weighted by Crippen LogP contribution is -3.00. The minimum atomic E-state index is -1.96. The minimum absolute atomic E-state index is 0. The van der Waals surface area contributed by atoms with Gasteiger partial charge in [-0.15, -0.1) is 0 Å². The maximum atomic E-state index is 12.9. The first-order valence-corrected chi connectivity index (χ1v) is 16.6. The largest absolute Gasteiger partial charge is 1.00 e. The zero-order chi connectivity index (χ0) is 31.4. The van der Waals surface area contributed by atoms with Gasteiger partial charge in [-0.3, -0.25) is 4.79 Å². The molecule has 0 aliphatic rings. The van der Waals surface area contributed by atoms with Crippen molar-refractivity contribution in [3.63, 3.8) is 0 Å². The summed E-state index contributed by atoms with van der Waals surface area (Å²) < 4.78 is 11.8. The fraction of sp³-hybridized carbons (Fsp3) is 0.108. The number of halogens is 1. The van der Waals surface area contributed by atoms with Crippen molar-refractivity contribution >= 4 is 34.1 Å². The lowest BCUT2D eigenvalue weighted by molar-refractivity contribution is -0.0000134. The standard InChI is InChI=1S/C37H31O7P.HI/c38-30-19-18-25(22-31(30)39)37-36(42)35(41)34-32(40)23-26(24-33(34)44-37)43-20-10-11-21-45(27-12-4-1-5-13-27,28-14-6-2-7-15-28)29-16-8-3-9-17-29;/h1-9,12-19,22-24H,10-11,20-21H2,(H3-,38,39,40,41,42);1H. The quantitative estimate of drug-likeness (QED) is 0.0735. The van der Waals surface area contributed by atoms with Crippen LogP contribution in [0.2, 0.25) is 0 Å². The Morgan fingerprint density at radius 2 is 1.20 bits per heavy atom. The summed E-state index contributed by atoms with van der Waals surface area (Å²) in [5.74, 6) is -1.79. The Hall–Kier alpha value is -4.53. The van der Waals surface area contributed by atoms with E-state index in [0.29, 0.717) is 12.4 Å². The SMILES string of the molecule is O=c1c(O)c(-c2ccc(O)c(O)c2)oc2cc(OCCCC[P+](c3ccccc3)(c3ccccc3)c3ccccc3)cc(O)c12.[I-]. The third-order valence-corrected chi connectivity index (χ3v) is 12.4. The monoisotopic (exact) mass is 746 g/mol. The van der Waals surface area contributed by atoms with E-state index in [1.165, 1.54) is 46.2 Å². The average Bonchev–Trinajstić information content (AvgIpc) is 3.07. The molecule has 0 radical (unpaired) electrons. The topological polar surface area (TPSA) is 120 Å². The second-order valence-corrected chi connectivity index (χ2v) is 14.3. The summed E-state index contributed by atoms with van der Waals surface area (Å²) >= 11 is 0. The zero-order valence-corrected chi connectivity index (χ0v) is 27.8. The summed E-state index contributed by atoms with van der Waals surface area (Å²) in [5, 5.41) is 44.5. The number of phenols is 3. The molecule has 0 spiro atoms. The van der Waals surface area contributed by atoms with Crippen molar-refractivity contribution in [2.45, 2.75) is 12.8 Å². The van der Waals surface area contributed by atoms with E-state index in [-0.39, 0.29) is 57.8 Å². The van der Waals surface area contributed by atoms with Crippen molar-refractivity contribution in [2.75, 3.05) is 12.8 Å². The Labute approximate surface area is 283 Å². The molecule has 0 aliphatic heterocycles. The van der Waals surface area contributed by atoms with Crippen LogP contribution in [-0.2, 0) is 0 Å². The number of aromatic hydroxyl groups is 4. The summed E-state index contributed by atoms with van der Waals surface area (Å²) in [6.45, 7) is 0.365. The molecular weight excluding hydrogens is 714 g/mol. The molecule has 46 heavy (non-hydrogen) atoms. The first-order chi connectivity index (χ1) is 21.9. The first kappa shape index (κ1) is 32.9. The van der Waals surface area contributed by atoms with Crippen LogP contribution in [0.25, 0.3) is 22.3 Å². The molecule has 1 heterocycles. The number of ether oxygens (including phenoxy) is 1. The smallest absolute Gasteiger partial charge is 0.238 e. The first-order valence-electron chi connectivity index (χ1n) is 14.6. The van der Waals surface area contributed by atoms with Gasteiger partial charge in [0.2, 0.25) is 11.2 Å². The van der Waals surface area contributed by atoms with Gasteiger partial charge in [-0.25, -0.2) is 0 Å². The molecule has 0 fully saturated rings. The maximum Gasteiger partial charge on any atom is 0.238 e. The van der Waals surface area contributed by atoms with E-state index < -0.39 is 24.2 Å². The van der Waals surface area contributed by atoms with Gasteiger partial charge in [-0.2, -0.15) is 0 Å². The van der Waals surface area contributed by atoms with E-state index in [1.807, 2.05) is 18.2 Å². The molecule has 234 valence electrons. The summed E-state index contributed by atoms with van der Waals surface area (Å²) in [7, 11) is -1.96. The number of fused-ring (bicyclic) bond motifs is 1. The molecule has 0 unspecified atom stereocenters. The number of phenolic OH excluding ortho intramolecular Hbond substituents is 3. The summed E-state index contributed by atoms with van der Waals surface area (Å²) in [6.07, 6.45) is 2.56. The third kappa shape index (κ3) is 6.41. The molecule has 1 aromatic heterocycles. The zero-order valence-electron chi connectivity index (χ0n) is 24.7. The lowest BCUT2D eigenvalue weighted by Gasteiger charge is -2.27. The van der Waals surface area contributed by atoms with Crippen molar-refractivity contribution in [1.82, 2.24) is 0 Å². The normalized spacial score (nSPS) is 11.2. The van der Waals surface area contributed by atoms with Crippen molar-refractivity contribution in [3.8, 4) is 40.1 Å². The van der Waals surface area contributed by atoms with Crippen molar-refractivity contribution in [3.05, 3.63) is 132 Å². The Balaban J connectivity index is 0.00000417. The summed E-state index contributed by atoms with van der Waals surface area (Å²) in [6, 6.07) is 38.7. The Kier molecular flexibility index (Phi) is 10.2. The number of unbranched alkanes of at least 4 members (excludes halogenated alkanes) is 1. The summed E-state index contributed by atoms with van der Waals surface area (Å²) in [4.78, 5) is 12.9. The van der Waals surface area contributed by atoms with Crippen LogP contribution < -0.4 is 50.1 Å². The van der Waals surface area contributed by atoms with E-state index in [2.05, 4.69) is 72.8 Å². The molecule has 6 rings (SSSR count). The van der Waals surface area contributed by atoms with Crippen molar-refractivity contribution in [1.29, 1.82) is 0 Å². The summed E-state index contributed by atoms with van der Waals surface area (Å²) in [5.41, 5.74) is -0.641. The van der Waals surface area contributed by atoms with Gasteiger partial charge >= 0.3 is 0 Å². The second-order valence-electron chi connectivity index (χ2n) is 10.7. The van der Waals surface area contributed by atoms with Gasteiger partial charge in [0.05, 0.1) is 12.8 Å². The molecule has 7 nitrogen and oxygen atoms in total. The van der Waals surface area contributed by atoms with Gasteiger partial charge in [-0.1, -0.05) is 54.6 Å². The van der Waals surface area contributed by atoms with Crippen LogP contribution in [0.4, 0.5) is 0 Å². The van der Waals surface area contributed by atoms with E-state index in [9.17, 15) is 25.2 Å². The van der Waals surface area contributed by atoms with E-state index in [4.69, 9.17) is 9.15 Å². The van der Waals surface area contributed by atoms with Crippen molar-refractivity contribution in [2.24, 2.45) is 0 Å². The molecule has 0 aliphatic carbocycles. The van der Waals surface area contributed by atoms with Crippen LogP contribution in [-0.4, -0.2) is 33.2 Å². The van der Waals surface area contributed by atoms with Gasteiger partial charge in [0.15, 0.2) is 17.3 Å². The third-order valence-electron chi connectivity index (χ3n) is 7.91. The highest BCUT2D eigenvalue weighted by atomic mass is 127. The number of rotatable bonds is 10. The molecule has 5 aromatic carbocycles. The van der Waals surface area contributed by atoms with Crippen LogP contribution in [0.15, 0.2) is 131 Å². The van der Waals surface area contributed by atoms with E-state index in [0.717, 1.165) is 19.0 Å². The van der Waals surface area contributed by atoms with Crippen LogP contribution in [0.1, 0.15) is 12.8 Å². The van der Waals surface area contributed by atoms with Crippen LogP contribution in [0, 0.1) is 0 Å². The molecule has 4 N–H and O–H groups in total. The minimum Gasteiger partial charge on any atom is -1.00 e. The highest BCUT2D eigenvalue weighted by Gasteiger charge is 2.44. The second kappa shape index (κ2) is 14.3. The highest BCUT2D eigenvalue weighted by molar-refractivity contribution is 7.95. The number of benzene rings is 5. The molecule has 9 heteroatoms. The van der Waals surface area contributed by atoms with E-state index in [1.54, 1.807) is 0 Å². The van der Waals surface area contributed by atoms with Gasteiger partial charge in [0.25, 0.3) is 0 Å². The van der Waals surface area contributed by atoms with Gasteiger partial charge in [0, 0.05) is 17.7 Å². The predicted octanol–water partition coefficient (Wildman–Crippen LogP) is 3.44.